The molecule has 0 amide bonds. The van der Waals surface area contributed by atoms with Crippen LogP contribution >= 0.6 is 0 Å². The third-order valence-corrected chi connectivity index (χ3v) is 1.91. The molecule has 0 saturated heterocycles. The summed E-state index contributed by atoms with van der Waals surface area (Å²) in [7, 11) is 0. The summed E-state index contributed by atoms with van der Waals surface area (Å²) in [6.07, 6.45) is 0. The molecule has 0 aliphatic heterocycles. The Labute approximate surface area is 108 Å². The highest BCUT2D eigenvalue weighted by atomic mass is 16.6. The lowest BCUT2D eigenvalue weighted by Crippen LogP contribution is -2.17. The maximum absolute atomic E-state index is 11.7. The summed E-state index contributed by atoms with van der Waals surface area (Å²) in [5.74, 6) is -2.27. The fourth-order valence-electron chi connectivity index (χ4n) is 1.20. The van der Waals surface area contributed by atoms with Crippen LogP contribution in [0.25, 0.3) is 0 Å². The van der Waals surface area contributed by atoms with Gasteiger partial charge in [0.2, 0.25) is 0 Å². The number of carbonyl (C=O) groups excluding carboxylic acids is 3. The summed E-state index contributed by atoms with van der Waals surface area (Å²) in [5, 5.41) is 8.32. The van der Waals surface area contributed by atoms with Gasteiger partial charge in [-0.1, -0.05) is 12.1 Å². The standard InChI is InChI=1S/C12H12O7/c1-8(14)19-10-5-3-2-4-9(10)12(16)17-6-11(15)18-7-13/h2-5,13H,6-7H2,1H3. The van der Waals surface area contributed by atoms with E-state index < -0.39 is 31.3 Å². The topological polar surface area (TPSA) is 99.1 Å². The minimum Gasteiger partial charge on any atom is -0.450 e. The first-order valence-corrected chi connectivity index (χ1v) is 5.25. The summed E-state index contributed by atoms with van der Waals surface area (Å²) >= 11 is 0. The van der Waals surface area contributed by atoms with E-state index in [9.17, 15) is 14.4 Å². The van der Waals surface area contributed by atoms with Gasteiger partial charge < -0.3 is 19.3 Å². The Morgan fingerprint density at radius 3 is 2.47 bits per heavy atom. The quantitative estimate of drug-likeness (QED) is 0.464. The van der Waals surface area contributed by atoms with Crippen molar-refractivity contribution in [1.82, 2.24) is 0 Å². The van der Waals surface area contributed by atoms with Crippen molar-refractivity contribution in [3.05, 3.63) is 29.8 Å². The van der Waals surface area contributed by atoms with E-state index in [1.54, 1.807) is 12.1 Å². The second-order valence-electron chi connectivity index (χ2n) is 3.31. The number of carbonyl (C=O) groups is 3. The second-order valence-corrected chi connectivity index (χ2v) is 3.31. The molecule has 0 heterocycles. The molecule has 0 atom stereocenters. The van der Waals surface area contributed by atoms with Gasteiger partial charge in [0, 0.05) is 6.92 Å². The number of rotatable bonds is 5. The van der Waals surface area contributed by atoms with Crippen molar-refractivity contribution in [1.29, 1.82) is 0 Å². The first-order valence-electron chi connectivity index (χ1n) is 5.25. The lowest BCUT2D eigenvalue weighted by molar-refractivity contribution is -0.155. The molecule has 1 aromatic rings. The lowest BCUT2D eigenvalue weighted by atomic mass is 10.2. The molecular weight excluding hydrogens is 256 g/mol. The average molecular weight is 268 g/mol. The first-order chi connectivity index (χ1) is 9.04. The van der Waals surface area contributed by atoms with E-state index >= 15 is 0 Å². The van der Waals surface area contributed by atoms with E-state index in [1.165, 1.54) is 19.1 Å². The average Bonchev–Trinajstić information content (AvgIpc) is 2.36. The smallest absolute Gasteiger partial charge is 0.346 e. The summed E-state index contributed by atoms with van der Waals surface area (Å²) in [4.78, 5) is 33.4. The van der Waals surface area contributed by atoms with E-state index in [4.69, 9.17) is 9.84 Å². The van der Waals surface area contributed by atoms with Gasteiger partial charge in [-0.15, -0.1) is 0 Å². The van der Waals surface area contributed by atoms with Crippen molar-refractivity contribution in [3.63, 3.8) is 0 Å². The minimum absolute atomic E-state index is 0.00879. The van der Waals surface area contributed by atoms with E-state index in [-0.39, 0.29) is 11.3 Å². The Balaban J connectivity index is 2.71. The zero-order valence-electron chi connectivity index (χ0n) is 10.1. The monoisotopic (exact) mass is 268 g/mol. The zero-order chi connectivity index (χ0) is 14.3. The molecule has 1 rings (SSSR count). The normalized spacial score (nSPS) is 9.58. The van der Waals surface area contributed by atoms with Crippen LogP contribution in [-0.2, 0) is 19.1 Å². The maximum Gasteiger partial charge on any atom is 0.346 e. The predicted molar refractivity (Wildman–Crippen MR) is 61.2 cm³/mol. The van der Waals surface area contributed by atoms with Crippen molar-refractivity contribution in [2.24, 2.45) is 0 Å². The van der Waals surface area contributed by atoms with Crippen LogP contribution in [0.4, 0.5) is 0 Å². The van der Waals surface area contributed by atoms with Gasteiger partial charge in [-0.2, -0.15) is 0 Å². The van der Waals surface area contributed by atoms with Crippen LogP contribution in [0.15, 0.2) is 24.3 Å². The van der Waals surface area contributed by atoms with Crippen molar-refractivity contribution >= 4 is 17.9 Å². The van der Waals surface area contributed by atoms with Crippen molar-refractivity contribution < 1.29 is 33.7 Å². The van der Waals surface area contributed by atoms with E-state index in [0.717, 1.165) is 0 Å². The van der Waals surface area contributed by atoms with Gasteiger partial charge in [0.1, 0.15) is 11.3 Å². The van der Waals surface area contributed by atoms with Gasteiger partial charge in [-0.3, -0.25) is 4.79 Å². The highest BCUT2D eigenvalue weighted by molar-refractivity contribution is 5.94. The van der Waals surface area contributed by atoms with Crippen LogP contribution in [0.3, 0.4) is 0 Å². The van der Waals surface area contributed by atoms with E-state index in [0.29, 0.717) is 0 Å². The van der Waals surface area contributed by atoms with Gasteiger partial charge in [0.05, 0.1) is 0 Å². The number of hydrogen-bond donors (Lipinski definition) is 1. The third kappa shape index (κ3) is 4.76. The molecular formula is C12H12O7. The predicted octanol–water partition coefficient (Wildman–Crippen LogP) is 0.262. The molecule has 0 aromatic heterocycles. The number of aliphatic hydroxyl groups is 1. The van der Waals surface area contributed by atoms with Crippen molar-refractivity contribution in [2.45, 2.75) is 6.92 Å². The first kappa shape index (κ1) is 14.7. The van der Waals surface area contributed by atoms with E-state index in [1.807, 2.05) is 0 Å². The molecule has 1 N–H and O–H groups in total. The van der Waals surface area contributed by atoms with Crippen LogP contribution in [0.5, 0.6) is 5.75 Å². The summed E-state index contributed by atoms with van der Waals surface area (Å²) in [5.41, 5.74) is 0.00879. The zero-order valence-corrected chi connectivity index (χ0v) is 10.1. The molecule has 0 bridgehead atoms. The largest absolute Gasteiger partial charge is 0.450 e. The molecule has 0 radical (unpaired) electrons. The molecule has 7 nitrogen and oxygen atoms in total. The minimum atomic E-state index is -0.888. The van der Waals surface area contributed by atoms with Gasteiger partial charge in [-0.25, -0.2) is 9.59 Å². The number of ether oxygens (including phenoxy) is 3. The molecule has 1 aromatic carbocycles. The Hall–Kier alpha value is -2.41. The van der Waals surface area contributed by atoms with Gasteiger partial charge in [0.25, 0.3) is 0 Å². The highest BCUT2D eigenvalue weighted by Crippen LogP contribution is 2.19. The Morgan fingerprint density at radius 1 is 1.16 bits per heavy atom. The molecule has 19 heavy (non-hydrogen) atoms. The summed E-state index contributed by atoms with van der Waals surface area (Å²) in [6, 6.07) is 5.94. The van der Waals surface area contributed by atoms with Gasteiger partial charge >= 0.3 is 17.9 Å². The van der Waals surface area contributed by atoms with Crippen LogP contribution in [0.1, 0.15) is 17.3 Å². The number of esters is 3. The van der Waals surface area contributed by atoms with Crippen LogP contribution < -0.4 is 4.74 Å². The molecule has 102 valence electrons. The third-order valence-electron chi connectivity index (χ3n) is 1.91. The molecule has 0 aliphatic rings. The highest BCUT2D eigenvalue weighted by Gasteiger charge is 2.16. The molecule has 0 unspecified atom stereocenters. The second kappa shape index (κ2) is 7.12. The molecule has 7 heteroatoms. The lowest BCUT2D eigenvalue weighted by Gasteiger charge is -2.08. The molecule has 0 spiro atoms. The number of benzene rings is 1. The SMILES string of the molecule is CC(=O)Oc1ccccc1C(=O)OCC(=O)OCO. The molecule has 0 saturated carbocycles. The van der Waals surface area contributed by atoms with Gasteiger partial charge in [0.15, 0.2) is 13.4 Å². The number of aliphatic hydroxyl groups excluding tert-OH is 1. The maximum atomic E-state index is 11.7. The Kier molecular flexibility index (Phi) is 5.49. The Bertz CT molecular complexity index is 481. The number of para-hydroxylation sites is 1. The summed E-state index contributed by atoms with van der Waals surface area (Å²) in [6.45, 7) is -0.241. The van der Waals surface area contributed by atoms with Gasteiger partial charge in [-0.05, 0) is 12.1 Å². The van der Waals surface area contributed by atoms with Crippen LogP contribution in [0, 0.1) is 0 Å². The van der Waals surface area contributed by atoms with Crippen molar-refractivity contribution in [2.75, 3.05) is 13.4 Å². The molecule has 0 fully saturated rings. The van der Waals surface area contributed by atoms with E-state index in [2.05, 4.69) is 9.47 Å². The molecule has 0 aliphatic carbocycles. The number of hydrogen-bond acceptors (Lipinski definition) is 7. The summed E-state index contributed by atoms with van der Waals surface area (Å²) < 4.78 is 13.7. The fourth-order valence-corrected chi connectivity index (χ4v) is 1.20. The Morgan fingerprint density at radius 2 is 1.84 bits per heavy atom. The van der Waals surface area contributed by atoms with Crippen molar-refractivity contribution in [3.8, 4) is 5.75 Å². The van der Waals surface area contributed by atoms with Crippen LogP contribution in [0.2, 0.25) is 0 Å². The fraction of sp³-hybridized carbons (Fsp3) is 0.250. The van der Waals surface area contributed by atoms with Crippen LogP contribution in [-0.4, -0.2) is 36.4 Å².